The Morgan fingerprint density at radius 3 is 2.29 bits per heavy atom. The normalized spacial score (nSPS) is 12.6. The van der Waals surface area contributed by atoms with Crippen molar-refractivity contribution in [3.8, 4) is 11.4 Å². The average molecular weight is 323 g/mol. The van der Waals surface area contributed by atoms with Crippen LogP contribution in [0.2, 0.25) is 0 Å². The van der Waals surface area contributed by atoms with Crippen LogP contribution in [0.4, 0.5) is 0 Å². The molecule has 1 heterocycles. The van der Waals surface area contributed by atoms with Crippen molar-refractivity contribution >= 4 is 11.0 Å². The van der Waals surface area contributed by atoms with E-state index in [-0.39, 0.29) is 5.75 Å². The second kappa shape index (κ2) is 7.47. The molecule has 0 bridgehead atoms. The molecule has 4 nitrogen and oxygen atoms in total. The number of hydrogen-bond acceptors (Lipinski definition) is 3. The van der Waals surface area contributed by atoms with Crippen LogP contribution in [-0.2, 0) is 0 Å². The minimum absolute atomic E-state index is 0.238. The largest absolute Gasteiger partial charge is 0.506 e. The number of hydrogen-bond donors (Lipinski definition) is 1. The fourth-order valence-corrected chi connectivity index (χ4v) is 3.18. The van der Waals surface area contributed by atoms with E-state index in [1.165, 1.54) is 36.0 Å². The smallest absolute Gasteiger partial charge is 0.143 e. The van der Waals surface area contributed by atoms with Crippen molar-refractivity contribution in [2.45, 2.75) is 51.9 Å². The second-order valence-electron chi connectivity index (χ2n) is 6.33. The zero-order chi connectivity index (χ0) is 16.9. The van der Waals surface area contributed by atoms with Gasteiger partial charge < -0.3 is 5.11 Å². The molecule has 24 heavy (non-hydrogen) atoms. The Balaban J connectivity index is 1.86. The number of phenolic OH excluding ortho intramolecular Hbond substituents is 1. The van der Waals surface area contributed by atoms with Gasteiger partial charge in [0.15, 0.2) is 0 Å². The van der Waals surface area contributed by atoms with Gasteiger partial charge in [-0.2, -0.15) is 0 Å². The lowest BCUT2D eigenvalue weighted by molar-refractivity contribution is 0.464. The minimum atomic E-state index is 0.238. The molecule has 0 aliphatic heterocycles. The van der Waals surface area contributed by atoms with Gasteiger partial charge in [0.1, 0.15) is 22.5 Å². The zero-order valence-corrected chi connectivity index (χ0v) is 14.4. The number of benzene rings is 2. The molecular formula is C20H25N3O. The molecule has 126 valence electrons. The molecule has 0 saturated carbocycles. The summed E-state index contributed by atoms with van der Waals surface area (Å²) in [6.07, 6.45) is 6.01. The Morgan fingerprint density at radius 2 is 1.71 bits per heavy atom. The van der Waals surface area contributed by atoms with E-state index >= 15 is 0 Å². The Labute approximate surface area is 143 Å². The SMILES string of the molecule is CCCCCC(CC)c1ccc(-n2nc3ccccc3n2)c(O)c1. The van der Waals surface area contributed by atoms with Gasteiger partial charge in [-0.15, -0.1) is 15.0 Å². The molecule has 4 heteroatoms. The van der Waals surface area contributed by atoms with Gasteiger partial charge in [-0.25, -0.2) is 0 Å². The van der Waals surface area contributed by atoms with Gasteiger partial charge in [0.2, 0.25) is 0 Å². The third kappa shape index (κ3) is 3.42. The Hall–Kier alpha value is -2.36. The molecule has 3 aromatic rings. The first-order valence-corrected chi connectivity index (χ1v) is 8.88. The summed E-state index contributed by atoms with van der Waals surface area (Å²) in [6, 6.07) is 13.6. The molecule has 1 aromatic heterocycles. The van der Waals surface area contributed by atoms with E-state index in [1.807, 2.05) is 36.4 Å². The van der Waals surface area contributed by atoms with Crippen LogP contribution in [0, 0.1) is 0 Å². The summed E-state index contributed by atoms with van der Waals surface area (Å²) in [6.45, 7) is 4.44. The Kier molecular flexibility index (Phi) is 5.14. The summed E-state index contributed by atoms with van der Waals surface area (Å²) in [5.74, 6) is 0.739. The van der Waals surface area contributed by atoms with Crippen LogP contribution in [0.25, 0.3) is 16.7 Å². The monoisotopic (exact) mass is 323 g/mol. The number of phenols is 1. The fraction of sp³-hybridized carbons (Fsp3) is 0.400. The van der Waals surface area contributed by atoms with Crippen molar-refractivity contribution < 1.29 is 5.11 Å². The summed E-state index contributed by atoms with van der Waals surface area (Å²) < 4.78 is 0. The molecular weight excluding hydrogens is 298 g/mol. The molecule has 0 spiro atoms. The van der Waals surface area contributed by atoms with Gasteiger partial charge in [0, 0.05) is 0 Å². The molecule has 3 rings (SSSR count). The molecule has 0 fully saturated rings. The summed E-state index contributed by atoms with van der Waals surface area (Å²) in [5, 5.41) is 19.4. The van der Waals surface area contributed by atoms with Gasteiger partial charge in [-0.1, -0.05) is 51.3 Å². The van der Waals surface area contributed by atoms with Crippen LogP contribution < -0.4 is 0 Å². The molecule has 0 radical (unpaired) electrons. The predicted molar refractivity (Wildman–Crippen MR) is 97.7 cm³/mol. The van der Waals surface area contributed by atoms with Crippen LogP contribution >= 0.6 is 0 Å². The third-order valence-corrected chi connectivity index (χ3v) is 4.62. The minimum Gasteiger partial charge on any atom is -0.506 e. The molecule has 0 amide bonds. The van der Waals surface area contributed by atoms with Gasteiger partial charge in [-0.05, 0) is 48.6 Å². The van der Waals surface area contributed by atoms with Gasteiger partial charge in [0.25, 0.3) is 0 Å². The van der Waals surface area contributed by atoms with Crippen molar-refractivity contribution in [2.75, 3.05) is 0 Å². The lowest BCUT2D eigenvalue weighted by atomic mass is 9.90. The van der Waals surface area contributed by atoms with E-state index in [9.17, 15) is 5.11 Å². The van der Waals surface area contributed by atoms with Crippen molar-refractivity contribution in [1.82, 2.24) is 15.0 Å². The molecule has 0 aliphatic rings. The Bertz CT molecular complexity index is 777. The number of fused-ring (bicyclic) bond motifs is 1. The van der Waals surface area contributed by atoms with E-state index in [4.69, 9.17) is 0 Å². The summed E-state index contributed by atoms with van der Waals surface area (Å²) in [4.78, 5) is 1.52. The van der Waals surface area contributed by atoms with Gasteiger partial charge >= 0.3 is 0 Å². The summed E-state index contributed by atoms with van der Waals surface area (Å²) >= 11 is 0. The number of unbranched alkanes of at least 4 members (excludes halogenated alkanes) is 2. The van der Waals surface area contributed by atoms with Crippen molar-refractivity contribution in [2.24, 2.45) is 0 Å². The van der Waals surface area contributed by atoms with E-state index < -0.39 is 0 Å². The van der Waals surface area contributed by atoms with Crippen LogP contribution in [0.3, 0.4) is 0 Å². The lowest BCUT2D eigenvalue weighted by Crippen LogP contribution is -2.02. The number of aromatic hydroxyl groups is 1. The fourth-order valence-electron chi connectivity index (χ4n) is 3.18. The first-order valence-electron chi connectivity index (χ1n) is 8.88. The lowest BCUT2D eigenvalue weighted by Gasteiger charge is -2.16. The van der Waals surface area contributed by atoms with E-state index in [0.29, 0.717) is 11.6 Å². The first kappa shape index (κ1) is 16.5. The zero-order valence-electron chi connectivity index (χ0n) is 14.4. The first-order chi connectivity index (χ1) is 11.7. The van der Waals surface area contributed by atoms with Gasteiger partial charge in [0.05, 0.1) is 0 Å². The molecule has 2 aromatic carbocycles. The predicted octanol–water partition coefficient (Wildman–Crippen LogP) is 5.20. The third-order valence-electron chi connectivity index (χ3n) is 4.62. The standard InChI is InChI=1S/C20H25N3O/c1-3-5-6-9-15(4-2)16-12-13-19(20(24)14-16)23-21-17-10-7-8-11-18(17)22-23/h7-8,10-15,24H,3-6,9H2,1-2H3. The summed E-state index contributed by atoms with van der Waals surface area (Å²) in [5.41, 5.74) is 3.48. The van der Waals surface area contributed by atoms with Crippen molar-refractivity contribution in [3.05, 3.63) is 48.0 Å². The second-order valence-corrected chi connectivity index (χ2v) is 6.33. The van der Waals surface area contributed by atoms with Crippen LogP contribution in [0.1, 0.15) is 57.4 Å². The van der Waals surface area contributed by atoms with Crippen LogP contribution in [0.5, 0.6) is 5.75 Å². The maximum absolute atomic E-state index is 10.5. The highest BCUT2D eigenvalue weighted by atomic mass is 16.3. The average Bonchev–Trinajstić information content (AvgIpc) is 3.02. The van der Waals surface area contributed by atoms with E-state index in [2.05, 4.69) is 30.1 Å². The highest BCUT2D eigenvalue weighted by Gasteiger charge is 2.14. The number of rotatable bonds is 7. The van der Waals surface area contributed by atoms with Crippen LogP contribution in [0.15, 0.2) is 42.5 Å². The van der Waals surface area contributed by atoms with Crippen LogP contribution in [-0.4, -0.2) is 20.1 Å². The highest BCUT2D eigenvalue weighted by molar-refractivity contribution is 5.73. The Morgan fingerprint density at radius 1 is 1.00 bits per heavy atom. The van der Waals surface area contributed by atoms with E-state index in [1.54, 1.807) is 0 Å². The molecule has 0 aliphatic carbocycles. The molecule has 1 atom stereocenters. The summed E-state index contributed by atoms with van der Waals surface area (Å²) in [7, 11) is 0. The molecule has 1 N–H and O–H groups in total. The molecule has 0 saturated heterocycles. The van der Waals surface area contributed by atoms with Gasteiger partial charge in [-0.3, -0.25) is 0 Å². The number of aromatic nitrogens is 3. The van der Waals surface area contributed by atoms with Crippen molar-refractivity contribution in [3.63, 3.8) is 0 Å². The van der Waals surface area contributed by atoms with Crippen molar-refractivity contribution in [1.29, 1.82) is 0 Å². The molecule has 1 unspecified atom stereocenters. The maximum atomic E-state index is 10.5. The van der Waals surface area contributed by atoms with E-state index in [0.717, 1.165) is 17.5 Å². The highest BCUT2D eigenvalue weighted by Crippen LogP contribution is 2.31. The topological polar surface area (TPSA) is 50.9 Å². The quantitative estimate of drug-likeness (QED) is 0.608. The number of nitrogens with zero attached hydrogens (tertiary/aromatic N) is 3. The maximum Gasteiger partial charge on any atom is 0.143 e.